The molecule has 4 nitrogen and oxygen atoms in total. The monoisotopic (exact) mass is 328 g/mol. The van der Waals surface area contributed by atoms with Crippen molar-refractivity contribution >= 4 is 22.3 Å². The first-order valence-corrected chi connectivity index (χ1v) is 8.95. The molecule has 0 bridgehead atoms. The van der Waals surface area contributed by atoms with Crippen LogP contribution in [0.5, 0.6) is 0 Å². The topological polar surface area (TPSA) is 58.5 Å². The number of benzene rings is 2. The lowest BCUT2D eigenvalue weighted by Gasteiger charge is -2.04. The van der Waals surface area contributed by atoms with E-state index in [0.717, 1.165) is 24.0 Å². The molecule has 0 aromatic heterocycles. The summed E-state index contributed by atoms with van der Waals surface area (Å²) in [4.78, 5) is 2.41. The fourth-order valence-corrected chi connectivity index (χ4v) is 2.84. The number of aryl methyl sites for hydroxylation is 1. The van der Waals surface area contributed by atoms with Crippen LogP contribution in [0.3, 0.4) is 0 Å². The number of nitrogens with zero attached hydrogens (tertiary/aromatic N) is 1. The van der Waals surface area contributed by atoms with Gasteiger partial charge >= 0.3 is 0 Å². The molecule has 0 fully saturated rings. The third-order valence-corrected chi connectivity index (χ3v) is 4.43. The van der Waals surface area contributed by atoms with Gasteiger partial charge in [0.15, 0.2) is 0 Å². The zero-order valence-electron chi connectivity index (χ0n) is 13.0. The summed E-state index contributed by atoms with van der Waals surface area (Å²) in [5, 5.41) is 3.74. The fraction of sp³-hybridized carbons (Fsp3) is 0.167. The lowest BCUT2D eigenvalue weighted by molar-refractivity contribution is 0.584. The highest BCUT2D eigenvalue weighted by Crippen LogP contribution is 2.11. The number of hydrogen-bond acceptors (Lipinski definition) is 3. The standard InChI is InChI=1S/C18H20N2O2S/c1-2-7-16-11-13-18(14-12-16)23(21,22)20-19-15-6-10-17-8-4-3-5-9-17/h3-6,8-15,20H,2,7H2,1H3/b10-6+,19-15-. The van der Waals surface area contributed by atoms with Crippen molar-refractivity contribution in [3.63, 3.8) is 0 Å². The fourth-order valence-electron chi connectivity index (χ4n) is 2.04. The van der Waals surface area contributed by atoms with E-state index in [2.05, 4.69) is 16.9 Å². The second-order valence-electron chi connectivity index (χ2n) is 5.04. The minimum atomic E-state index is -3.62. The molecular weight excluding hydrogens is 308 g/mol. The van der Waals surface area contributed by atoms with E-state index in [0.29, 0.717) is 0 Å². The number of nitrogens with one attached hydrogen (secondary N) is 1. The quantitative estimate of drug-likeness (QED) is 0.623. The highest BCUT2D eigenvalue weighted by molar-refractivity contribution is 7.89. The van der Waals surface area contributed by atoms with Crippen LogP contribution in [-0.2, 0) is 16.4 Å². The SMILES string of the molecule is CCCc1ccc(S(=O)(=O)N/N=C\C=C\c2ccccc2)cc1. The van der Waals surface area contributed by atoms with E-state index < -0.39 is 10.0 Å². The maximum absolute atomic E-state index is 12.1. The minimum Gasteiger partial charge on any atom is -0.200 e. The van der Waals surface area contributed by atoms with E-state index >= 15 is 0 Å². The van der Waals surface area contributed by atoms with E-state index in [4.69, 9.17) is 0 Å². The Bertz CT molecular complexity index is 764. The van der Waals surface area contributed by atoms with Gasteiger partial charge in [-0.05, 0) is 35.8 Å². The molecule has 0 aliphatic rings. The number of hydrogen-bond donors (Lipinski definition) is 1. The Morgan fingerprint density at radius 1 is 1.04 bits per heavy atom. The van der Waals surface area contributed by atoms with Crippen LogP contribution in [0, 0.1) is 0 Å². The molecule has 0 aliphatic heterocycles. The van der Waals surface area contributed by atoms with Gasteiger partial charge in [-0.25, -0.2) is 4.83 Å². The van der Waals surface area contributed by atoms with Crippen molar-refractivity contribution in [2.45, 2.75) is 24.7 Å². The van der Waals surface area contributed by atoms with Crippen LogP contribution in [0.25, 0.3) is 6.08 Å². The number of allylic oxidation sites excluding steroid dienone is 1. The molecule has 0 radical (unpaired) electrons. The van der Waals surface area contributed by atoms with Crippen molar-refractivity contribution in [1.29, 1.82) is 0 Å². The summed E-state index contributed by atoms with van der Waals surface area (Å²) < 4.78 is 24.2. The Balaban J connectivity index is 1.95. The maximum atomic E-state index is 12.1. The van der Waals surface area contributed by atoms with Crippen LogP contribution in [0.15, 0.2) is 70.7 Å². The van der Waals surface area contributed by atoms with Crippen molar-refractivity contribution in [3.8, 4) is 0 Å². The largest absolute Gasteiger partial charge is 0.276 e. The Hall–Kier alpha value is -2.40. The molecule has 23 heavy (non-hydrogen) atoms. The molecule has 0 saturated heterocycles. The molecule has 0 unspecified atom stereocenters. The van der Waals surface area contributed by atoms with E-state index in [9.17, 15) is 8.42 Å². The Kier molecular flexibility index (Phi) is 6.11. The van der Waals surface area contributed by atoms with Crippen molar-refractivity contribution < 1.29 is 8.42 Å². The molecule has 0 aliphatic carbocycles. The van der Waals surface area contributed by atoms with Crippen molar-refractivity contribution in [2.24, 2.45) is 5.10 Å². The van der Waals surface area contributed by atoms with Gasteiger partial charge in [-0.2, -0.15) is 13.5 Å². The molecule has 2 rings (SSSR count). The minimum absolute atomic E-state index is 0.210. The van der Waals surface area contributed by atoms with Crippen molar-refractivity contribution in [2.75, 3.05) is 0 Å². The van der Waals surface area contributed by atoms with Gasteiger partial charge in [-0.3, -0.25) is 0 Å². The van der Waals surface area contributed by atoms with E-state index in [-0.39, 0.29) is 4.90 Å². The average Bonchev–Trinajstić information content (AvgIpc) is 2.56. The van der Waals surface area contributed by atoms with Crippen LogP contribution >= 0.6 is 0 Å². The van der Waals surface area contributed by atoms with Gasteiger partial charge in [-0.1, -0.05) is 61.9 Å². The van der Waals surface area contributed by atoms with Crippen LogP contribution in [0.1, 0.15) is 24.5 Å². The molecular formula is C18H20N2O2S. The van der Waals surface area contributed by atoms with Gasteiger partial charge in [-0.15, -0.1) is 0 Å². The van der Waals surface area contributed by atoms with E-state index in [1.54, 1.807) is 18.2 Å². The van der Waals surface area contributed by atoms with Crippen molar-refractivity contribution in [3.05, 3.63) is 71.8 Å². The lowest BCUT2D eigenvalue weighted by Crippen LogP contribution is -2.18. The van der Waals surface area contributed by atoms with Crippen LogP contribution in [0.4, 0.5) is 0 Å². The molecule has 2 aromatic carbocycles. The summed E-state index contributed by atoms with van der Waals surface area (Å²) >= 11 is 0. The maximum Gasteiger partial charge on any atom is 0.276 e. The predicted molar refractivity (Wildman–Crippen MR) is 94.7 cm³/mol. The normalized spacial score (nSPS) is 12.0. The molecule has 0 amide bonds. The molecule has 0 saturated carbocycles. The number of hydrazone groups is 1. The predicted octanol–water partition coefficient (Wildman–Crippen LogP) is 3.62. The summed E-state index contributed by atoms with van der Waals surface area (Å²) in [5.74, 6) is 0. The van der Waals surface area contributed by atoms with Crippen molar-refractivity contribution in [1.82, 2.24) is 4.83 Å². The Labute approximate surface area is 137 Å². The Morgan fingerprint density at radius 3 is 2.39 bits per heavy atom. The van der Waals surface area contributed by atoms with Crippen LogP contribution in [0.2, 0.25) is 0 Å². The van der Waals surface area contributed by atoms with E-state index in [1.807, 2.05) is 48.5 Å². The summed E-state index contributed by atoms with van der Waals surface area (Å²) in [6.07, 6.45) is 6.91. The first-order valence-electron chi connectivity index (χ1n) is 7.47. The smallest absolute Gasteiger partial charge is 0.200 e. The summed E-state index contributed by atoms with van der Waals surface area (Å²) in [5.41, 5.74) is 2.15. The van der Waals surface area contributed by atoms with Gasteiger partial charge in [0, 0.05) is 6.21 Å². The average molecular weight is 328 g/mol. The molecule has 120 valence electrons. The third-order valence-electron chi connectivity index (χ3n) is 3.19. The van der Waals surface area contributed by atoms with Crippen LogP contribution < -0.4 is 4.83 Å². The third kappa shape index (κ3) is 5.38. The lowest BCUT2D eigenvalue weighted by atomic mass is 10.1. The van der Waals surface area contributed by atoms with E-state index in [1.165, 1.54) is 6.21 Å². The highest BCUT2D eigenvalue weighted by Gasteiger charge is 2.11. The number of rotatable bonds is 7. The highest BCUT2D eigenvalue weighted by atomic mass is 32.2. The van der Waals surface area contributed by atoms with Gasteiger partial charge in [0.1, 0.15) is 0 Å². The van der Waals surface area contributed by atoms with Gasteiger partial charge in [0.2, 0.25) is 0 Å². The summed E-state index contributed by atoms with van der Waals surface area (Å²) in [6, 6.07) is 16.6. The molecule has 0 atom stereocenters. The molecule has 5 heteroatoms. The molecule has 0 spiro atoms. The summed E-state index contributed by atoms with van der Waals surface area (Å²) in [6.45, 7) is 2.09. The Morgan fingerprint density at radius 2 is 1.74 bits per heavy atom. The second-order valence-corrected chi connectivity index (χ2v) is 6.70. The van der Waals surface area contributed by atoms with Gasteiger partial charge in [0.05, 0.1) is 4.90 Å². The van der Waals surface area contributed by atoms with Gasteiger partial charge < -0.3 is 0 Å². The molecule has 1 N–H and O–H groups in total. The number of sulfonamides is 1. The zero-order valence-corrected chi connectivity index (χ0v) is 13.8. The van der Waals surface area contributed by atoms with Gasteiger partial charge in [0.25, 0.3) is 10.0 Å². The zero-order chi connectivity index (χ0) is 16.5. The molecule has 0 heterocycles. The summed E-state index contributed by atoms with van der Waals surface area (Å²) in [7, 11) is -3.62. The van der Waals surface area contributed by atoms with Crippen LogP contribution in [-0.4, -0.2) is 14.6 Å². The second kappa shape index (κ2) is 8.29. The first kappa shape index (κ1) is 17.0. The first-order chi connectivity index (χ1) is 11.1. The molecule has 2 aromatic rings.